The summed E-state index contributed by atoms with van der Waals surface area (Å²) in [5, 5.41) is 2.19. The van der Waals surface area contributed by atoms with Gasteiger partial charge < -0.3 is 8.97 Å². The molecule has 1 aromatic carbocycles. The minimum Gasteiger partial charge on any atom is -0.610 e. The third kappa shape index (κ3) is 4.62. The number of benzene rings is 1. The molecule has 4 rings (SSSR count). The third-order valence-corrected chi connectivity index (χ3v) is 5.86. The summed E-state index contributed by atoms with van der Waals surface area (Å²) < 4.78 is 30.8. The van der Waals surface area contributed by atoms with E-state index in [9.17, 15) is 8.94 Å². The average molecular weight is 446 g/mol. The zero-order chi connectivity index (χ0) is 20.4. The number of pyridine rings is 2. The van der Waals surface area contributed by atoms with Gasteiger partial charge in [-0.15, -0.1) is 0 Å². The summed E-state index contributed by atoms with van der Waals surface area (Å²) >= 11 is 6.02. The minimum atomic E-state index is -1.18. The van der Waals surface area contributed by atoms with Gasteiger partial charge in [-0.3, -0.25) is 0 Å². The van der Waals surface area contributed by atoms with Gasteiger partial charge in [-0.1, -0.05) is 11.6 Å². The molecule has 0 saturated carbocycles. The highest BCUT2D eigenvalue weighted by molar-refractivity contribution is 7.99. The van der Waals surface area contributed by atoms with Crippen molar-refractivity contribution in [3.8, 4) is 22.7 Å². The number of hydrogen-bond donors (Lipinski definition) is 0. The maximum absolute atomic E-state index is 13.3. The van der Waals surface area contributed by atoms with Gasteiger partial charge in [-0.25, -0.2) is 19.3 Å². The molecule has 0 aliphatic carbocycles. The summed E-state index contributed by atoms with van der Waals surface area (Å²) in [5.74, 6) is 0.00690. The van der Waals surface area contributed by atoms with Crippen molar-refractivity contribution < 1.29 is 13.4 Å². The number of aromatic nitrogens is 3. The second-order valence-electron chi connectivity index (χ2n) is 5.92. The van der Waals surface area contributed by atoms with Gasteiger partial charge in [-0.05, 0) is 54.2 Å². The maximum atomic E-state index is 13.3. The van der Waals surface area contributed by atoms with Crippen LogP contribution in [-0.4, -0.2) is 25.8 Å². The first kappa shape index (κ1) is 19.9. The van der Waals surface area contributed by atoms with Crippen molar-refractivity contribution in [2.24, 2.45) is 0 Å². The van der Waals surface area contributed by atoms with Crippen molar-refractivity contribution in [2.45, 2.75) is 15.1 Å². The predicted molar refractivity (Wildman–Crippen MR) is 111 cm³/mol. The molecule has 0 radical (unpaired) electrons. The van der Waals surface area contributed by atoms with Gasteiger partial charge in [0.05, 0.1) is 5.02 Å². The van der Waals surface area contributed by atoms with E-state index in [-0.39, 0.29) is 5.82 Å². The van der Waals surface area contributed by atoms with E-state index in [4.69, 9.17) is 16.0 Å². The van der Waals surface area contributed by atoms with E-state index >= 15 is 0 Å². The number of hydrogen-bond acceptors (Lipinski definition) is 6. The van der Waals surface area contributed by atoms with Crippen LogP contribution in [0.3, 0.4) is 0 Å². The van der Waals surface area contributed by atoms with E-state index < -0.39 is 11.2 Å². The van der Waals surface area contributed by atoms with Crippen LogP contribution in [0.1, 0.15) is 0 Å². The van der Waals surface area contributed by atoms with Gasteiger partial charge >= 0.3 is 0 Å². The molecule has 3 heterocycles. The summed E-state index contributed by atoms with van der Waals surface area (Å²) in [5.41, 5.74) is 1.91. The monoisotopic (exact) mass is 445 g/mol. The van der Waals surface area contributed by atoms with Gasteiger partial charge in [0.25, 0.3) is 0 Å². The van der Waals surface area contributed by atoms with Gasteiger partial charge in [0.2, 0.25) is 10.9 Å². The largest absolute Gasteiger partial charge is 0.610 e. The standard InChI is InChI=1S/C20H13ClFN3O2S2/c1-29(26)17-9-4-13(10-24-17)18-20(28-16-8-5-14(21)11-23-16)27-19(25-18)12-2-6-15(22)7-3-12/h2-11H,1H3. The van der Waals surface area contributed by atoms with Gasteiger partial charge in [0, 0.05) is 40.8 Å². The van der Waals surface area contributed by atoms with Crippen LogP contribution in [-0.2, 0) is 11.2 Å². The molecule has 146 valence electrons. The zero-order valence-electron chi connectivity index (χ0n) is 15.0. The SMILES string of the molecule is C[S+]([O-])c1ccc(-c2nc(-c3ccc(F)cc3)oc2Sc2ccc(Cl)cn2)cn1. The first-order valence-electron chi connectivity index (χ1n) is 8.35. The Morgan fingerprint density at radius 2 is 1.76 bits per heavy atom. The van der Waals surface area contributed by atoms with Crippen LogP contribution < -0.4 is 0 Å². The Labute approximate surface area is 178 Å². The Balaban J connectivity index is 1.76. The van der Waals surface area contributed by atoms with Crippen LogP contribution in [0.15, 0.2) is 80.5 Å². The summed E-state index contributed by atoms with van der Waals surface area (Å²) in [6, 6.07) is 12.9. The smallest absolute Gasteiger partial charge is 0.244 e. The Hall–Kier alpha value is -2.39. The van der Waals surface area contributed by atoms with Crippen LogP contribution in [0.5, 0.6) is 0 Å². The van der Waals surface area contributed by atoms with E-state index in [1.165, 1.54) is 23.9 Å². The highest BCUT2D eigenvalue weighted by Crippen LogP contribution is 2.38. The van der Waals surface area contributed by atoms with Crippen LogP contribution in [0, 0.1) is 5.82 Å². The topological polar surface area (TPSA) is 74.9 Å². The molecule has 0 spiro atoms. The lowest BCUT2D eigenvalue weighted by Gasteiger charge is -2.04. The van der Waals surface area contributed by atoms with Crippen molar-refractivity contribution in [3.05, 3.63) is 71.8 Å². The highest BCUT2D eigenvalue weighted by Gasteiger charge is 2.19. The van der Waals surface area contributed by atoms with E-state index in [0.717, 1.165) is 0 Å². The van der Waals surface area contributed by atoms with Crippen LogP contribution in [0.2, 0.25) is 5.02 Å². The molecule has 0 fully saturated rings. The minimum absolute atomic E-state index is 0.340. The number of rotatable bonds is 5. The van der Waals surface area contributed by atoms with Crippen molar-refractivity contribution in [1.82, 2.24) is 15.0 Å². The van der Waals surface area contributed by atoms with E-state index in [0.29, 0.717) is 42.9 Å². The molecule has 5 nitrogen and oxygen atoms in total. The first-order chi connectivity index (χ1) is 14.0. The summed E-state index contributed by atoms with van der Waals surface area (Å²) in [6.45, 7) is 0. The Morgan fingerprint density at radius 3 is 2.38 bits per heavy atom. The van der Waals surface area contributed by atoms with Crippen molar-refractivity contribution in [1.29, 1.82) is 0 Å². The van der Waals surface area contributed by atoms with E-state index in [1.54, 1.807) is 55.0 Å². The molecule has 4 aromatic rings. The van der Waals surface area contributed by atoms with Gasteiger partial charge in [0.15, 0.2) is 5.09 Å². The molecule has 1 unspecified atom stereocenters. The summed E-state index contributed by atoms with van der Waals surface area (Å²) in [4.78, 5) is 13.1. The molecule has 29 heavy (non-hydrogen) atoms. The molecule has 0 aliphatic heterocycles. The molecule has 0 saturated heterocycles. The van der Waals surface area contributed by atoms with Crippen molar-refractivity contribution in [3.63, 3.8) is 0 Å². The number of nitrogens with zero attached hydrogens (tertiary/aromatic N) is 3. The fraction of sp³-hybridized carbons (Fsp3) is 0.0500. The fourth-order valence-corrected chi connectivity index (χ4v) is 3.87. The highest BCUT2D eigenvalue weighted by atomic mass is 35.5. The summed E-state index contributed by atoms with van der Waals surface area (Å²) in [7, 11) is 0. The fourth-order valence-electron chi connectivity index (χ4n) is 2.48. The van der Waals surface area contributed by atoms with Crippen LogP contribution in [0.4, 0.5) is 4.39 Å². The second kappa shape index (κ2) is 8.54. The lowest BCUT2D eigenvalue weighted by Crippen LogP contribution is -1.99. The molecule has 0 bridgehead atoms. The van der Waals surface area contributed by atoms with Crippen molar-refractivity contribution >= 4 is 34.5 Å². The number of halogens is 2. The molecular formula is C20H13ClFN3O2S2. The normalized spacial score (nSPS) is 12.1. The first-order valence-corrected chi connectivity index (χ1v) is 11.1. The zero-order valence-corrected chi connectivity index (χ0v) is 17.4. The van der Waals surface area contributed by atoms with E-state index in [2.05, 4.69) is 15.0 Å². The van der Waals surface area contributed by atoms with Gasteiger partial charge in [0.1, 0.15) is 22.8 Å². The molecule has 0 amide bonds. The van der Waals surface area contributed by atoms with Crippen LogP contribution >= 0.6 is 23.4 Å². The number of oxazole rings is 1. The molecular weight excluding hydrogens is 433 g/mol. The molecule has 0 aliphatic rings. The van der Waals surface area contributed by atoms with E-state index in [1.807, 2.05) is 0 Å². The Bertz CT molecular complexity index is 1120. The van der Waals surface area contributed by atoms with Gasteiger partial charge in [-0.2, -0.15) is 0 Å². The predicted octanol–water partition coefficient (Wildman–Crippen LogP) is 5.48. The molecule has 1 atom stereocenters. The third-order valence-electron chi connectivity index (χ3n) is 3.89. The van der Waals surface area contributed by atoms with Crippen molar-refractivity contribution in [2.75, 3.05) is 6.26 Å². The second-order valence-corrected chi connectivity index (χ2v) is 8.67. The molecule has 9 heteroatoms. The summed E-state index contributed by atoms with van der Waals surface area (Å²) in [6.07, 6.45) is 4.72. The Morgan fingerprint density at radius 1 is 1.00 bits per heavy atom. The molecule has 3 aromatic heterocycles. The maximum Gasteiger partial charge on any atom is 0.244 e. The lowest BCUT2D eigenvalue weighted by molar-refractivity contribution is 0.485. The van der Waals surface area contributed by atoms with Crippen LogP contribution in [0.25, 0.3) is 22.7 Å². The molecule has 0 N–H and O–H groups in total. The average Bonchev–Trinajstić information content (AvgIpc) is 3.14. The quantitative estimate of drug-likeness (QED) is 0.378. The lowest BCUT2D eigenvalue weighted by atomic mass is 10.2. The Kier molecular flexibility index (Phi) is 5.86.